The molecule has 5 heteroatoms. The number of aromatic nitrogens is 4. The van der Waals surface area contributed by atoms with Gasteiger partial charge in [-0.1, -0.05) is 0 Å². The summed E-state index contributed by atoms with van der Waals surface area (Å²) in [6, 6.07) is 3.43. The molecule has 0 spiro atoms. The van der Waals surface area contributed by atoms with Crippen LogP contribution in [0.4, 0.5) is 0 Å². The van der Waals surface area contributed by atoms with Gasteiger partial charge in [-0.3, -0.25) is 9.78 Å². The molecule has 0 aliphatic heterocycles. The van der Waals surface area contributed by atoms with Gasteiger partial charge in [-0.25, -0.2) is 0 Å². The molecular weight excluding hydrogens is 192 g/mol. The number of carbonyl (C=O) groups excluding carboxylic acids is 1. The van der Waals surface area contributed by atoms with Crippen LogP contribution in [-0.2, 0) is 6.54 Å². The Hall–Kier alpha value is -2.04. The van der Waals surface area contributed by atoms with Crippen LogP contribution >= 0.6 is 0 Å². The van der Waals surface area contributed by atoms with Crippen LogP contribution in [0.3, 0.4) is 0 Å². The average molecular weight is 201 g/mol. The van der Waals surface area contributed by atoms with Crippen molar-refractivity contribution in [3.05, 3.63) is 42.0 Å². The summed E-state index contributed by atoms with van der Waals surface area (Å²) in [5.74, 6) is 0.0265. The summed E-state index contributed by atoms with van der Waals surface area (Å²) in [6.07, 6.45) is 5.69. The van der Waals surface area contributed by atoms with Crippen LogP contribution in [-0.4, -0.2) is 25.8 Å². The van der Waals surface area contributed by atoms with Gasteiger partial charge in [-0.05, 0) is 19.1 Å². The van der Waals surface area contributed by atoms with Crippen LogP contribution in [0.25, 0.3) is 0 Å². The Morgan fingerprint density at radius 3 is 3.13 bits per heavy atom. The van der Waals surface area contributed by atoms with Gasteiger partial charge in [0.15, 0.2) is 5.78 Å². The molecule has 2 aromatic heterocycles. The Morgan fingerprint density at radius 2 is 2.47 bits per heavy atom. The third-order valence-electron chi connectivity index (χ3n) is 1.95. The smallest absolute Gasteiger partial charge is 0.159 e. The molecule has 15 heavy (non-hydrogen) atoms. The maximum Gasteiger partial charge on any atom is 0.159 e. The number of hydrogen-bond donors (Lipinski definition) is 0. The Bertz CT molecular complexity index is 464. The van der Waals surface area contributed by atoms with Gasteiger partial charge in [0.05, 0.1) is 11.9 Å². The second-order valence-corrected chi connectivity index (χ2v) is 3.10. The van der Waals surface area contributed by atoms with E-state index in [1.54, 1.807) is 18.3 Å². The number of pyridine rings is 1. The Kier molecular flexibility index (Phi) is 2.53. The van der Waals surface area contributed by atoms with E-state index in [4.69, 9.17) is 0 Å². The summed E-state index contributed by atoms with van der Waals surface area (Å²) in [6.45, 7) is 1.98. The number of ketones is 1. The zero-order valence-electron chi connectivity index (χ0n) is 8.21. The molecule has 0 saturated heterocycles. The molecule has 1 radical (unpaired) electrons. The van der Waals surface area contributed by atoms with Crippen molar-refractivity contribution in [2.24, 2.45) is 0 Å². The molecular formula is C10H9N4O. The van der Waals surface area contributed by atoms with E-state index in [1.165, 1.54) is 17.9 Å². The minimum Gasteiger partial charge on any atom is -0.295 e. The van der Waals surface area contributed by atoms with E-state index < -0.39 is 0 Å². The Morgan fingerprint density at radius 1 is 1.60 bits per heavy atom. The lowest BCUT2D eigenvalue weighted by atomic mass is 10.2. The molecule has 0 aliphatic rings. The van der Waals surface area contributed by atoms with Crippen molar-refractivity contribution < 1.29 is 4.79 Å². The molecule has 0 aliphatic carbocycles. The quantitative estimate of drug-likeness (QED) is 0.686. The van der Waals surface area contributed by atoms with Crippen LogP contribution in [0.5, 0.6) is 0 Å². The first-order valence-electron chi connectivity index (χ1n) is 4.48. The highest BCUT2D eigenvalue weighted by Crippen LogP contribution is 2.03. The molecule has 0 N–H and O–H groups in total. The fourth-order valence-electron chi connectivity index (χ4n) is 1.22. The highest BCUT2D eigenvalue weighted by atomic mass is 16.1. The van der Waals surface area contributed by atoms with E-state index in [9.17, 15) is 4.79 Å². The zero-order valence-corrected chi connectivity index (χ0v) is 8.21. The van der Waals surface area contributed by atoms with Crippen LogP contribution in [0.2, 0.25) is 0 Å². The third kappa shape index (κ3) is 2.25. The largest absolute Gasteiger partial charge is 0.295 e. The zero-order chi connectivity index (χ0) is 10.7. The van der Waals surface area contributed by atoms with Gasteiger partial charge in [0.25, 0.3) is 0 Å². The van der Waals surface area contributed by atoms with Gasteiger partial charge in [0.1, 0.15) is 12.7 Å². The summed E-state index contributed by atoms with van der Waals surface area (Å²) in [5, 5.41) is 7.75. The van der Waals surface area contributed by atoms with E-state index in [1.807, 2.05) is 0 Å². The fraction of sp³-hybridized carbons (Fsp3) is 0.200. The molecule has 5 nitrogen and oxygen atoms in total. The van der Waals surface area contributed by atoms with Gasteiger partial charge in [0, 0.05) is 11.8 Å². The summed E-state index contributed by atoms with van der Waals surface area (Å²) in [7, 11) is 0. The van der Waals surface area contributed by atoms with Gasteiger partial charge < -0.3 is 0 Å². The van der Waals surface area contributed by atoms with Gasteiger partial charge >= 0.3 is 0 Å². The SMILES string of the molecule is CC(=O)c1ccnc(Cn2n[c]cn2)c1. The second-order valence-electron chi connectivity index (χ2n) is 3.10. The van der Waals surface area contributed by atoms with Crippen molar-refractivity contribution in [3.8, 4) is 0 Å². The normalized spacial score (nSPS) is 10.2. The third-order valence-corrected chi connectivity index (χ3v) is 1.95. The van der Waals surface area contributed by atoms with Gasteiger partial charge in [-0.15, -0.1) is 0 Å². The van der Waals surface area contributed by atoms with Crippen molar-refractivity contribution in [2.75, 3.05) is 0 Å². The maximum atomic E-state index is 11.1. The minimum absolute atomic E-state index is 0.0265. The molecule has 2 heterocycles. The number of carbonyl (C=O) groups is 1. The highest BCUT2D eigenvalue weighted by Gasteiger charge is 2.02. The molecule has 0 atom stereocenters. The van der Waals surface area contributed by atoms with Gasteiger partial charge in [0.2, 0.25) is 0 Å². The van der Waals surface area contributed by atoms with Crippen molar-refractivity contribution in [1.82, 2.24) is 20.0 Å². The number of Topliss-reactive ketones (excluding diaryl/α,β-unsaturated/α-hetero) is 1. The molecule has 0 fully saturated rings. The van der Waals surface area contributed by atoms with E-state index in [-0.39, 0.29) is 5.78 Å². The minimum atomic E-state index is 0.0265. The van der Waals surface area contributed by atoms with Gasteiger partial charge in [-0.2, -0.15) is 15.0 Å². The van der Waals surface area contributed by atoms with Crippen LogP contribution in [0.1, 0.15) is 23.0 Å². The summed E-state index contributed by atoms with van der Waals surface area (Å²) >= 11 is 0. The number of hydrogen-bond acceptors (Lipinski definition) is 4. The molecule has 75 valence electrons. The first-order valence-corrected chi connectivity index (χ1v) is 4.48. The van der Waals surface area contributed by atoms with Crippen molar-refractivity contribution in [1.29, 1.82) is 0 Å². The topological polar surface area (TPSA) is 60.7 Å². The first-order chi connectivity index (χ1) is 7.25. The Labute approximate surface area is 86.8 Å². The number of rotatable bonds is 3. The van der Waals surface area contributed by atoms with Crippen molar-refractivity contribution in [3.63, 3.8) is 0 Å². The maximum absolute atomic E-state index is 11.1. The lowest BCUT2D eigenvalue weighted by molar-refractivity contribution is 0.101. The summed E-state index contributed by atoms with van der Waals surface area (Å²) in [5.41, 5.74) is 1.41. The molecule has 0 unspecified atom stereocenters. The Balaban J connectivity index is 2.22. The molecule has 0 bridgehead atoms. The number of nitrogens with zero attached hydrogens (tertiary/aromatic N) is 4. The highest BCUT2D eigenvalue weighted by molar-refractivity contribution is 5.93. The molecule has 2 rings (SSSR count). The fourth-order valence-corrected chi connectivity index (χ4v) is 1.22. The van der Waals surface area contributed by atoms with E-state index >= 15 is 0 Å². The molecule has 0 saturated carbocycles. The predicted octanol–water partition coefficient (Wildman–Crippen LogP) is 0.724. The molecule has 0 amide bonds. The average Bonchev–Trinajstić information content (AvgIpc) is 2.71. The first kappa shape index (κ1) is 9.51. The summed E-state index contributed by atoms with van der Waals surface area (Å²) < 4.78 is 0. The van der Waals surface area contributed by atoms with Crippen LogP contribution in [0, 0.1) is 6.20 Å². The lowest BCUT2D eigenvalue weighted by Gasteiger charge is -2.01. The van der Waals surface area contributed by atoms with Crippen molar-refractivity contribution in [2.45, 2.75) is 13.5 Å². The van der Waals surface area contributed by atoms with E-state index in [0.29, 0.717) is 12.1 Å². The van der Waals surface area contributed by atoms with Crippen LogP contribution < -0.4 is 0 Å². The van der Waals surface area contributed by atoms with Crippen LogP contribution in [0.15, 0.2) is 24.5 Å². The lowest BCUT2D eigenvalue weighted by Crippen LogP contribution is -2.06. The molecule has 0 aromatic carbocycles. The molecule has 2 aromatic rings. The second kappa shape index (κ2) is 4.00. The monoisotopic (exact) mass is 201 g/mol. The predicted molar refractivity (Wildman–Crippen MR) is 52.2 cm³/mol. The standard InChI is InChI=1S/C10H9N4O/c1-8(15)9-2-3-11-10(6-9)7-14-12-4-5-13-14/h2-4,6H,7H2,1H3. The van der Waals surface area contributed by atoms with E-state index in [2.05, 4.69) is 21.4 Å². The summed E-state index contributed by atoms with van der Waals surface area (Å²) in [4.78, 5) is 16.7. The van der Waals surface area contributed by atoms with Crippen molar-refractivity contribution >= 4 is 5.78 Å². The van der Waals surface area contributed by atoms with E-state index in [0.717, 1.165) is 5.69 Å².